The topological polar surface area (TPSA) is 100 Å². The maximum absolute atomic E-state index is 13.6. The van der Waals surface area contributed by atoms with Crippen LogP contribution in [0, 0.1) is 6.92 Å². The molecule has 0 atom stereocenters. The highest BCUT2D eigenvalue weighted by molar-refractivity contribution is 5.96. The second-order valence-electron chi connectivity index (χ2n) is 10.2. The van der Waals surface area contributed by atoms with Crippen molar-refractivity contribution in [1.82, 2.24) is 14.9 Å². The van der Waals surface area contributed by atoms with Crippen molar-refractivity contribution in [3.05, 3.63) is 126 Å². The summed E-state index contributed by atoms with van der Waals surface area (Å²) in [6.07, 6.45) is 0. The van der Waals surface area contributed by atoms with Crippen LogP contribution in [-0.2, 0) is 22.7 Å². The molecule has 0 saturated carbocycles. The Labute approximate surface area is 262 Å². The van der Waals surface area contributed by atoms with Crippen LogP contribution in [0.4, 0.5) is 0 Å². The third-order valence-electron chi connectivity index (χ3n) is 6.83. The Morgan fingerprint density at radius 2 is 1.40 bits per heavy atom. The van der Waals surface area contributed by atoms with E-state index in [1.165, 1.54) is 4.90 Å². The molecule has 1 amide bonds. The average Bonchev–Trinajstić information content (AvgIpc) is 3.06. The molecule has 230 valence electrons. The number of hydrogen-bond acceptors (Lipinski definition) is 8. The van der Waals surface area contributed by atoms with Gasteiger partial charge in [-0.3, -0.25) is 9.59 Å². The number of aromatic nitrogens is 2. The van der Waals surface area contributed by atoms with E-state index in [1.807, 2.05) is 85.8 Å². The Morgan fingerprint density at radius 3 is 2.16 bits per heavy atom. The lowest BCUT2D eigenvalue weighted by Crippen LogP contribution is -2.36. The van der Waals surface area contributed by atoms with Crippen molar-refractivity contribution in [3.63, 3.8) is 0 Å². The zero-order valence-corrected chi connectivity index (χ0v) is 25.3. The molecule has 5 aromatic rings. The van der Waals surface area contributed by atoms with Crippen LogP contribution in [0.15, 0.2) is 103 Å². The third-order valence-corrected chi connectivity index (χ3v) is 6.83. The van der Waals surface area contributed by atoms with Crippen LogP contribution >= 0.6 is 0 Å². The smallest absolute Gasteiger partial charge is 0.325 e. The molecule has 0 radical (unpaired) electrons. The summed E-state index contributed by atoms with van der Waals surface area (Å²) in [5.41, 5.74) is 4.58. The fourth-order valence-electron chi connectivity index (χ4n) is 4.64. The molecule has 0 aliphatic carbocycles. The van der Waals surface area contributed by atoms with Crippen LogP contribution in [0.3, 0.4) is 0 Å². The highest BCUT2D eigenvalue weighted by Gasteiger charge is 2.20. The second kappa shape index (κ2) is 15.3. The Bertz CT molecular complexity index is 1730. The lowest BCUT2D eigenvalue weighted by molar-refractivity contribution is -0.143. The first-order valence-corrected chi connectivity index (χ1v) is 14.8. The zero-order valence-electron chi connectivity index (χ0n) is 25.3. The third kappa shape index (κ3) is 8.79. The molecule has 0 bridgehead atoms. The van der Waals surface area contributed by atoms with Gasteiger partial charge in [0, 0.05) is 12.1 Å². The maximum atomic E-state index is 13.6. The number of rotatable bonds is 14. The standard InChI is InChI=1S/C36H35N3O6/c1-3-42-34(40)24-39(23-28-12-9-13-31(22-28)45-25-27-10-5-4-6-11-27)36(41)29-16-18-30(19-17-29)43-20-21-44-35-26(2)37-32-14-7-8-15-33(32)38-35/h4-19,22H,3,20-21,23-25H2,1-2H3. The molecule has 4 aromatic carbocycles. The number of nitrogens with zero attached hydrogens (tertiary/aromatic N) is 3. The largest absolute Gasteiger partial charge is 0.490 e. The molecule has 0 N–H and O–H groups in total. The van der Waals surface area contributed by atoms with E-state index in [1.54, 1.807) is 31.2 Å². The van der Waals surface area contributed by atoms with Gasteiger partial charge in [-0.05, 0) is 73.5 Å². The molecule has 0 aliphatic rings. The molecule has 45 heavy (non-hydrogen) atoms. The van der Waals surface area contributed by atoms with Crippen molar-refractivity contribution in [2.24, 2.45) is 0 Å². The quantitative estimate of drug-likeness (QED) is 0.109. The fraction of sp³-hybridized carbons (Fsp3) is 0.222. The Hall–Kier alpha value is -5.44. The molecule has 9 nitrogen and oxygen atoms in total. The van der Waals surface area contributed by atoms with Gasteiger partial charge >= 0.3 is 5.97 Å². The van der Waals surface area contributed by atoms with Gasteiger partial charge in [-0.2, -0.15) is 0 Å². The van der Waals surface area contributed by atoms with E-state index in [-0.39, 0.29) is 38.8 Å². The van der Waals surface area contributed by atoms with Crippen LogP contribution in [0.25, 0.3) is 11.0 Å². The SMILES string of the molecule is CCOC(=O)CN(Cc1cccc(OCc2ccccc2)c1)C(=O)c1ccc(OCCOc2nc3ccccc3nc2C)cc1. The molecular formula is C36H35N3O6. The summed E-state index contributed by atoms with van der Waals surface area (Å²) in [5.74, 6) is 0.936. The molecule has 9 heteroatoms. The summed E-state index contributed by atoms with van der Waals surface area (Å²) < 4.78 is 22.7. The van der Waals surface area contributed by atoms with Gasteiger partial charge in [0.25, 0.3) is 5.91 Å². The molecular weight excluding hydrogens is 570 g/mol. The van der Waals surface area contributed by atoms with Crippen molar-refractivity contribution in [1.29, 1.82) is 0 Å². The zero-order chi connectivity index (χ0) is 31.4. The first-order valence-electron chi connectivity index (χ1n) is 14.8. The van der Waals surface area contributed by atoms with E-state index in [0.29, 0.717) is 35.2 Å². The first-order chi connectivity index (χ1) is 22.0. The molecule has 1 aromatic heterocycles. The summed E-state index contributed by atoms with van der Waals surface area (Å²) >= 11 is 0. The number of ether oxygens (including phenoxy) is 4. The Kier molecular flexibility index (Phi) is 10.6. The normalized spacial score (nSPS) is 10.7. The van der Waals surface area contributed by atoms with Crippen molar-refractivity contribution in [2.75, 3.05) is 26.4 Å². The number of carbonyl (C=O) groups is 2. The highest BCUT2D eigenvalue weighted by atomic mass is 16.5. The molecule has 0 saturated heterocycles. The van der Waals surface area contributed by atoms with Gasteiger partial charge < -0.3 is 23.8 Å². The number of para-hydroxylation sites is 2. The number of esters is 1. The predicted octanol–water partition coefficient (Wildman–Crippen LogP) is 6.18. The minimum Gasteiger partial charge on any atom is -0.490 e. The van der Waals surface area contributed by atoms with Gasteiger partial charge in [0.05, 0.1) is 17.6 Å². The maximum Gasteiger partial charge on any atom is 0.325 e. The van der Waals surface area contributed by atoms with Gasteiger partial charge in [0.2, 0.25) is 5.88 Å². The number of benzene rings is 4. The number of hydrogen-bond donors (Lipinski definition) is 0. The molecule has 5 rings (SSSR count). The molecule has 1 heterocycles. The number of aryl methyl sites for hydroxylation is 1. The lowest BCUT2D eigenvalue weighted by Gasteiger charge is -2.22. The summed E-state index contributed by atoms with van der Waals surface area (Å²) in [7, 11) is 0. The summed E-state index contributed by atoms with van der Waals surface area (Å²) in [5, 5.41) is 0. The Morgan fingerprint density at radius 1 is 0.711 bits per heavy atom. The van der Waals surface area contributed by atoms with Crippen molar-refractivity contribution in [3.8, 4) is 17.4 Å². The predicted molar refractivity (Wildman–Crippen MR) is 170 cm³/mol. The monoisotopic (exact) mass is 605 g/mol. The van der Waals surface area contributed by atoms with Crippen LogP contribution in [0.2, 0.25) is 0 Å². The summed E-state index contributed by atoms with van der Waals surface area (Å²) in [6.45, 7) is 4.81. The van der Waals surface area contributed by atoms with E-state index in [2.05, 4.69) is 9.97 Å². The number of fused-ring (bicyclic) bond motifs is 1. The van der Waals surface area contributed by atoms with Gasteiger partial charge in [-0.25, -0.2) is 9.97 Å². The molecule has 0 spiro atoms. The van der Waals surface area contributed by atoms with Crippen LogP contribution in [0.5, 0.6) is 17.4 Å². The van der Waals surface area contributed by atoms with Crippen molar-refractivity contribution < 1.29 is 28.5 Å². The van der Waals surface area contributed by atoms with E-state index in [0.717, 1.165) is 22.2 Å². The van der Waals surface area contributed by atoms with Crippen LogP contribution < -0.4 is 14.2 Å². The average molecular weight is 606 g/mol. The van der Waals surface area contributed by atoms with E-state index >= 15 is 0 Å². The molecule has 0 unspecified atom stereocenters. The van der Waals surface area contributed by atoms with Crippen LogP contribution in [-0.4, -0.2) is 53.1 Å². The fourth-order valence-corrected chi connectivity index (χ4v) is 4.64. The van der Waals surface area contributed by atoms with Gasteiger partial charge in [0.1, 0.15) is 43.6 Å². The first kappa shape index (κ1) is 31.0. The van der Waals surface area contributed by atoms with E-state index in [9.17, 15) is 9.59 Å². The van der Waals surface area contributed by atoms with Crippen molar-refractivity contribution >= 4 is 22.9 Å². The summed E-state index contributed by atoms with van der Waals surface area (Å²) in [6, 6.07) is 31.8. The minimum atomic E-state index is -0.478. The molecule has 0 aliphatic heterocycles. The van der Waals surface area contributed by atoms with Crippen molar-refractivity contribution in [2.45, 2.75) is 27.0 Å². The number of carbonyl (C=O) groups excluding carboxylic acids is 2. The van der Waals surface area contributed by atoms with E-state index < -0.39 is 5.97 Å². The Balaban J connectivity index is 1.18. The van der Waals surface area contributed by atoms with Crippen LogP contribution in [0.1, 0.15) is 34.1 Å². The second-order valence-corrected chi connectivity index (χ2v) is 10.2. The van der Waals surface area contributed by atoms with Gasteiger partial charge in [-0.15, -0.1) is 0 Å². The van der Waals surface area contributed by atoms with Gasteiger partial charge in [0.15, 0.2) is 0 Å². The van der Waals surface area contributed by atoms with E-state index in [4.69, 9.17) is 18.9 Å². The summed E-state index contributed by atoms with van der Waals surface area (Å²) in [4.78, 5) is 36.5. The highest BCUT2D eigenvalue weighted by Crippen LogP contribution is 2.20. The number of amides is 1. The molecule has 0 fully saturated rings. The van der Waals surface area contributed by atoms with Gasteiger partial charge in [-0.1, -0.05) is 54.6 Å². The minimum absolute atomic E-state index is 0.186. The lowest BCUT2D eigenvalue weighted by atomic mass is 10.1.